The first kappa shape index (κ1) is 6.98. The standard InChI is InChI=1S/C10H8O2/c11-9-3-1-7-5-10(12)6-8(7)2-4-9/h1-6,11-12H. The molecule has 0 heterocycles. The van der Waals surface area contributed by atoms with Crippen molar-refractivity contribution in [1.29, 1.82) is 0 Å². The minimum atomic E-state index is 0.227. The summed E-state index contributed by atoms with van der Waals surface area (Å²) in [6, 6.07) is 10.1. The molecule has 0 aromatic rings. The first-order valence-corrected chi connectivity index (χ1v) is 3.67. The Morgan fingerprint density at radius 2 is 1.17 bits per heavy atom. The fourth-order valence-corrected chi connectivity index (χ4v) is 1.22. The van der Waals surface area contributed by atoms with E-state index in [9.17, 15) is 0 Å². The van der Waals surface area contributed by atoms with Gasteiger partial charge in [0.2, 0.25) is 0 Å². The molecule has 0 spiro atoms. The van der Waals surface area contributed by atoms with E-state index >= 15 is 0 Å². The Balaban J connectivity index is 2.70. The first-order valence-electron chi connectivity index (χ1n) is 3.67. The van der Waals surface area contributed by atoms with Crippen molar-refractivity contribution in [3.8, 4) is 22.6 Å². The zero-order valence-corrected chi connectivity index (χ0v) is 6.36. The Kier molecular flexibility index (Phi) is 1.40. The van der Waals surface area contributed by atoms with E-state index in [2.05, 4.69) is 0 Å². The number of rotatable bonds is 0. The predicted molar refractivity (Wildman–Crippen MR) is 46.4 cm³/mol. The second-order valence-corrected chi connectivity index (χ2v) is 2.72. The molecule has 2 nitrogen and oxygen atoms in total. The highest BCUT2D eigenvalue weighted by atomic mass is 16.3. The van der Waals surface area contributed by atoms with E-state index in [0.717, 1.165) is 11.1 Å². The van der Waals surface area contributed by atoms with Gasteiger partial charge in [0.05, 0.1) is 0 Å². The van der Waals surface area contributed by atoms with Crippen LogP contribution in [0, 0.1) is 0 Å². The van der Waals surface area contributed by atoms with Crippen LogP contribution in [0.1, 0.15) is 0 Å². The van der Waals surface area contributed by atoms with Gasteiger partial charge < -0.3 is 10.2 Å². The molecule has 0 saturated carbocycles. The first-order chi connectivity index (χ1) is 5.75. The molecular weight excluding hydrogens is 152 g/mol. The van der Waals surface area contributed by atoms with Gasteiger partial charge in [-0.2, -0.15) is 0 Å². The second kappa shape index (κ2) is 2.41. The largest absolute Gasteiger partial charge is 0.508 e. The molecule has 2 aliphatic carbocycles. The molecule has 12 heavy (non-hydrogen) atoms. The van der Waals surface area contributed by atoms with Crippen molar-refractivity contribution in [2.45, 2.75) is 0 Å². The van der Waals surface area contributed by atoms with Crippen molar-refractivity contribution in [3.63, 3.8) is 0 Å². The molecule has 60 valence electrons. The molecule has 0 aromatic heterocycles. The van der Waals surface area contributed by atoms with Gasteiger partial charge in [-0.3, -0.25) is 0 Å². The number of aromatic hydroxyl groups is 2. The van der Waals surface area contributed by atoms with E-state index in [4.69, 9.17) is 10.2 Å². The number of hydrogen-bond acceptors (Lipinski definition) is 2. The average Bonchev–Trinajstić information content (AvgIpc) is 2.31. The molecular formula is C10H8O2. The summed E-state index contributed by atoms with van der Waals surface area (Å²) in [6.07, 6.45) is 0. The van der Waals surface area contributed by atoms with E-state index in [-0.39, 0.29) is 11.5 Å². The summed E-state index contributed by atoms with van der Waals surface area (Å²) in [5.74, 6) is 0.487. The molecule has 2 heteroatoms. The second-order valence-electron chi connectivity index (χ2n) is 2.72. The predicted octanol–water partition coefficient (Wildman–Crippen LogP) is 2.20. The topological polar surface area (TPSA) is 40.5 Å². The average molecular weight is 160 g/mol. The number of hydrogen-bond donors (Lipinski definition) is 2. The van der Waals surface area contributed by atoms with Gasteiger partial charge in [0, 0.05) is 0 Å². The lowest BCUT2D eigenvalue weighted by Crippen LogP contribution is -1.59. The van der Waals surface area contributed by atoms with Crippen LogP contribution in [0.2, 0.25) is 0 Å². The maximum Gasteiger partial charge on any atom is 0.116 e. The summed E-state index contributed by atoms with van der Waals surface area (Å²) in [4.78, 5) is 0. The van der Waals surface area contributed by atoms with Crippen LogP contribution in [0.15, 0.2) is 36.4 Å². The van der Waals surface area contributed by atoms with Gasteiger partial charge in [-0.15, -0.1) is 0 Å². The lowest BCUT2D eigenvalue weighted by atomic mass is 10.2. The van der Waals surface area contributed by atoms with Crippen LogP contribution in [0.25, 0.3) is 11.1 Å². The molecule has 2 N–H and O–H groups in total. The van der Waals surface area contributed by atoms with Crippen molar-refractivity contribution in [2.75, 3.05) is 0 Å². The highest BCUT2D eigenvalue weighted by Gasteiger charge is 2.02. The third-order valence-corrected chi connectivity index (χ3v) is 1.81. The van der Waals surface area contributed by atoms with Gasteiger partial charge in [-0.1, -0.05) is 12.1 Å². The molecule has 0 aliphatic heterocycles. The van der Waals surface area contributed by atoms with E-state index < -0.39 is 0 Å². The maximum atomic E-state index is 9.14. The van der Waals surface area contributed by atoms with Gasteiger partial charge in [-0.05, 0) is 35.4 Å². The van der Waals surface area contributed by atoms with E-state index in [0.29, 0.717) is 0 Å². The lowest BCUT2D eigenvalue weighted by molar-refractivity contribution is 0.475. The van der Waals surface area contributed by atoms with Crippen molar-refractivity contribution in [1.82, 2.24) is 0 Å². The van der Waals surface area contributed by atoms with E-state index in [1.165, 1.54) is 0 Å². The monoisotopic (exact) mass is 160 g/mol. The number of fused-ring (bicyclic) bond motifs is 1. The molecule has 2 aliphatic rings. The molecule has 2 rings (SSSR count). The summed E-state index contributed by atoms with van der Waals surface area (Å²) < 4.78 is 0. The fourth-order valence-electron chi connectivity index (χ4n) is 1.22. The van der Waals surface area contributed by atoms with Gasteiger partial charge in [0.15, 0.2) is 0 Å². The molecule has 0 saturated heterocycles. The maximum absolute atomic E-state index is 9.14. The molecule has 0 aromatic carbocycles. The minimum absolute atomic E-state index is 0.227. The third kappa shape index (κ3) is 1.07. The molecule has 0 radical (unpaired) electrons. The van der Waals surface area contributed by atoms with Gasteiger partial charge in [0.1, 0.15) is 11.5 Å². The Morgan fingerprint density at radius 1 is 0.667 bits per heavy atom. The van der Waals surface area contributed by atoms with Crippen LogP contribution in [0.3, 0.4) is 0 Å². The van der Waals surface area contributed by atoms with Gasteiger partial charge in [0.25, 0.3) is 0 Å². The Hall–Kier alpha value is -1.70. The summed E-state index contributed by atoms with van der Waals surface area (Å²) in [5, 5.41) is 18.3. The van der Waals surface area contributed by atoms with Crippen molar-refractivity contribution in [2.24, 2.45) is 0 Å². The SMILES string of the molecule is Oc1ccc2cc(O)cc-2cc1. The Morgan fingerprint density at radius 3 is 1.67 bits per heavy atom. The van der Waals surface area contributed by atoms with Crippen LogP contribution in [0.4, 0.5) is 0 Å². The van der Waals surface area contributed by atoms with Crippen molar-refractivity contribution >= 4 is 0 Å². The molecule has 0 amide bonds. The van der Waals surface area contributed by atoms with Gasteiger partial charge in [-0.25, -0.2) is 0 Å². The van der Waals surface area contributed by atoms with Crippen LogP contribution in [0.5, 0.6) is 11.5 Å². The fraction of sp³-hybridized carbons (Fsp3) is 0. The van der Waals surface area contributed by atoms with E-state index in [1.807, 2.05) is 0 Å². The normalized spacial score (nSPS) is 10.3. The third-order valence-electron chi connectivity index (χ3n) is 1.81. The summed E-state index contributed by atoms with van der Waals surface area (Å²) in [5.41, 5.74) is 1.85. The molecule has 0 fully saturated rings. The summed E-state index contributed by atoms with van der Waals surface area (Å²) in [7, 11) is 0. The zero-order valence-electron chi connectivity index (χ0n) is 6.36. The van der Waals surface area contributed by atoms with Crippen LogP contribution >= 0.6 is 0 Å². The van der Waals surface area contributed by atoms with Crippen LogP contribution < -0.4 is 0 Å². The highest BCUT2D eigenvalue weighted by molar-refractivity contribution is 5.70. The van der Waals surface area contributed by atoms with Crippen molar-refractivity contribution in [3.05, 3.63) is 36.4 Å². The molecule has 0 atom stereocenters. The summed E-state index contributed by atoms with van der Waals surface area (Å²) in [6.45, 7) is 0. The van der Waals surface area contributed by atoms with E-state index in [1.54, 1.807) is 36.4 Å². The zero-order chi connectivity index (χ0) is 8.55. The van der Waals surface area contributed by atoms with Crippen LogP contribution in [-0.2, 0) is 0 Å². The van der Waals surface area contributed by atoms with Gasteiger partial charge >= 0.3 is 0 Å². The lowest BCUT2D eigenvalue weighted by Gasteiger charge is -1.84. The molecule has 0 unspecified atom stereocenters. The van der Waals surface area contributed by atoms with Crippen LogP contribution in [-0.4, -0.2) is 10.2 Å². The minimum Gasteiger partial charge on any atom is -0.508 e. The highest BCUT2D eigenvalue weighted by Crippen LogP contribution is 2.29. The quantitative estimate of drug-likeness (QED) is 0.620. The Labute approximate surface area is 70.1 Å². The Bertz CT molecular complexity index is 348. The summed E-state index contributed by atoms with van der Waals surface area (Å²) >= 11 is 0. The molecule has 0 bridgehead atoms. The smallest absolute Gasteiger partial charge is 0.116 e. The van der Waals surface area contributed by atoms with Crippen molar-refractivity contribution < 1.29 is 10.2 Å².